The van der Waals surface area contributed by atoms with E-state index in [-0.39, 0.29) is 10.6 Å². The molecule has 0 aliphatic carbocycles. The molecule has 0 saturated carbocycles. The van der Waals surface area contributed by atoms with Crippen molar-refractivity contribution in [3.63, 3.8) is 0 Å². The maximum absolute atomic E-state index is 12.6. The van der Waals surface area contributed by atoms with Gasteiger partial charge < -0.3 is 4.18 Å². The number of halogens is 1. The van der Waals surface area contributed by atoms with Gasteiger partial charge in [0, 0.05) is 16.3 Å². The molecule has 0 heterocycles. The molecule has 4 nitrogen and oxygen atoms in total. The molecule has 27 heavy (non-hydrogen) atoms. The summed E-state index contributed by atoms with van der Waals surface area (Å²) in [5.74, 6) is 0.217. The number of aliphatic imine (C=N–C) groups is 1. The smallest absolute Gasteiger partial charge is 0.339 e. The van der Waals surface area contributed by atoms with Crippen molar-refractivity contribution in [1.29, 1.82) is 0 Å². The minimum atomic E-state index is -3.93. The van der Waals surface area contributed by atoms with Gasteiger partial charge in [0.15, 0.2) is 5.75 Å². The van der Waals surface area contributed by atoms with E-state index in [0.29, 0.717) is 5.56 Å². The van der Waals surface area contributed by atoms with Gasteiger partial charge in [-0.2, -0.15) is 8.42 Å². The number of benzene rings is 3. The summed E-state index contributed by atoms with van der Waals surface area (Å²) in [5, 5.41) is 0. The zero-order valence-electron chi connectivity index (χ0n) is 14.9. The first-order chi connectivity index (χ1) is 12.8. The Hall–Kier alpha value is -2.44. The average molecular weight is 444 g/mol. The Kier molecular flexibility index (Phi) is 5.77. The summed E-state index contributed by atoms with van der Waals surface area (Å²) in [6.45, 7) is 3.90. The van der Waals surface area contributed by atoms with Crippen LogP contribution in [0, 0.1) is 13.8 Å². The number of hydrogen-bond donors (Lipinski definition) is 0. The van der Waals surface area contributed by atoms with Crippen molar-refractivity contribution in [2.24, 2.45) is 4.99 Å². The highest BCUT2D eigenvalue weighted by atomic mass is 79.9. The zero-order chi connectivity index (χ0) is 19.4. The normalized spacial score (nSPS) is 11.7. The van der Waals surface area contributed by atoms with Crippen LogP contribution >= 0.6 is 15.9 Å². The molecule has 0 bridgehead atoms. The highest BCUT2D eigenvalue weighted by Gasteiger charge is 2.18. The van der Waals surface area contributed by atoms with Crippen molar-refractivity contribution < 1.29 is 12.6 Å². The van der Waals surface area contributed by atoms with Gasteiger partial charge in [0.1, 0.15) is 4.90 Å². The van der Waals surface area contributed by atoms with Crippen LogP contribution in [0.3, 0.4) is 0 Å². The molecule has 0 atom stereocenters. The van der Waals surface area contributed by atoms with Crippen LogP contribution in [0.4, 0.5) is 5.69 Å². The van der Waals surface area contributed by atoms with Crippen LogP contribution in [0.5, 0.6) is 5.75 Å². The Morgan fingerprint density at radius 1 is 0.889 bits per heavy atom. The van der Waals surface area contributed by atoms with Crippen LogP contribution in [0.25, 0.3) is 0 Å². The number of nitrogens with zero attached hydrogens (tertiary/aromatic N) is 1. The first kappa shape index (κ1) is 19.3. The third-order valence-corrected chi connectivity index (χ3v) is 5.61. The summed E-state index contributed by atoms with van der Waals surface area (Å²) in [5.41, 5.74) is 3.45. The summed E-state index contributed by atoms with van der Waals surface area (Å²) >= 11 is 3.40. The van der Waals surface area contributed by atoms with Crippen molar-refractivity contribution >= 4 is 38.0 Å². The van der Waals surface area contributed by atoms with Gasteiger partial charge in [0.25, 0.3) is 0 Å². The van der Waals surface area contributed by atoms with Crippen LogP contribution in [0.15, 0.2) is 81.1 Å². The molecule has 0 aromatic heterocycles. The number of rotatable bonds is 5. The fourth-order valence-corrected chi connectivity index (χ4v) is 3.67. The predicted octanol–water partition coefficient (Wildman–Crippen LogP) is 5.58. The maximum atomic E-state index is 12.6. The van der Waals surface area contributed by atoms with Gasteiger partial charge in [-0.15, -0.1) is 0 Å². The second-order valence-corrected chi connectivity index (χ2v) is 8.59. The molecule has 0 unspecified atom stereocenters. The van der Waals surface area contributed by atoms with E-state index in [1.165, 1.54) is 12.1 Å². The van der Waals surface area contributed by atoms with Gasteiger partial charge in [-0.1, -0.05) is 51.3 Å². The van der Waals surface area contributed by atoms with E-state index in [4.69, 9.17) is 4.18 Å². The average Bonchev–Trinajstić information content (AvgIpc) is 2.63. The van der Waals surface area contributed by atoms with E-state index in [0.717, 1.165) is 21.3 Å². The van der Waals surface area contributed by atoms with E-state index in [2.05, 4.69) is 20.9 Å². The van der Waals surface area contributed by atoms with Gasteiger partial charge in [0.05, 0.1) is 5.69 Å². The molecule has 138 valence electrons. The van der Waals surface area contributed by atoms with Gasteiger partial charge >= 0.3 is 10.1 Å². The number of hydrogen-bond acceptors (Lipinski definition) is 4. The Morgan fingerprint density at radius 3 is 2.11 bits per heavy atom. The Balaban J connectivity index is 1.92. The van der Waals surface area contributed by atoms with Crippen LogP contribution in [-0.2, 0) is 10.1 Å². The highest BCUT2D eigenvalue weighted by Crippen LogP contribution is 2.26. The van der Waals surface area contributed by atoms with E-state index in [9.17, 15) is 8.42 Å². The standard InChI is InChI=1S/C21H18BrNO3S/c1-15-3-8-19(9-4-15)23-14-17-13-18(22)7-12-21(17)26-27(24,25)20-10-5-16(2)6-11-20/h3-14H,1-2H3. The molecule has 3 aromatic rings. The van der Waals surface area contributed by atoms with Crippen LogP contribution < -0.4 is 4.18 Å². The molecule has 0 aliphatic heterocycles. The van der Waals surface area contributed by atoms with E-state index < -0.39 is 10.1 Å². The Bertz CT molecular complexity index is 1070. The molecule has 0 radical (unpaired) electrons. The molecule has 0 spiro atoms. The van der Waals surface area contributed by atoms with Crippen molar-refractivity contribution in [3.8, 4) is 5.75 Å². The molecule has 3 aromatic carbocycles. The van der Waals surface area contributed by atoms with Crippen molar-refractivity contribution in [2.45, 2.75) is 18.7 Å². The van der Waals surface area contributed by atoms with Gasteiger partial charge in [0.2, 0.25) is 0 Å². The minimum absolute atomic E-state index is 0.109. The second kappa shape index (κ2) is 8.06. The summed E-state index contributed by atoms with van der Waals surface area (Å²) in [6.07, 6.45) is 1.59. The van der Waals surface area contributed by atoms with Gasteiger partial charge in [-0.3, -0.25) is 4.99 Å². The Morgan fingerprint density at radius 2 is 1.48 bits per heavy atom. The van der Waals surface area contributed by atoms with Crippen molar-refractivity contribution in [2.75, 3.05) is 0 Å². The largest absolute Gasteiger partial charge is 0.378 e. The molecular formula is C21H18BrNO3S. The van der Waals surface area contributed by atoms with E-state index in [1.807, 2.05) is 38.1 Å². The third-order valence-electron chi connectivity index (χ3n) is 3.87. The fourth-order valence-electron chi connectivity index (χ4n) is 2.34. The summed E-state index contributed by atoms with van der Waals surface area (Å²) in [7, 11) is -3.93. The van der Waals surface area contributed by atoms with E-state index in [1.54, 1.807) is 36.5 Å². The van der Waals surface area contributed by atoms with Crippen molar-refractivity contribution in [3.05, 3.63) is 87.9 Å². The van der Waals surface area contributed by atoms with Crippen LogP contribution in [-0.4, -0.2) is 14.6 Å². The Labute approximate surface area is 167 Å². The first-order valence-corrected chi connectivity index (χ1v) is 10.4. The molecule has 0 saturated heterocycles. The van der Waals surface area contributed by atoms with Gasteiger partial charge in [-0.25, -0.2) is 0 Å². The van der Waals surface area contributed by atoms with Gasteiger partial charge in [-0.05, 0) is 56.3 Å². The molecule has 3 rings (SSSR count). The SMILES string of the molecule is Cc1ccc(N=Cc2cc(Br)ccc2OS(=O)(=O)c2ccc(C)cc2)cc1. The lowest BCUT2D eigenvalue weighted by Gasteiger charge is -2.10. The maximum Gasteiger partial charge on any atom is 0.339 e. The zero-order valence-corrected chi connectivity index (χ0v) is 17.3. The lowest BCUT2D eigenvalue weighted by molar-refractivity contribution is 0.485. The summed E-state index contributed by atoms with van der Waals surface area (Å²) in [6, 6.07) is 19.3. The topological polar surface area (TPSA) is 55.7 Å². The summed E-state index contributed by atoms with van der Waals surface area (Å²) in [4.78, 5) is 4.52. The predicted molar refractivity (Wildman–Crippen MR) is 112 cm³/mol. The van der Waals surface area contributed by atoms with Crippen LogP contribution in [0.1, 0.15) is 16.7 Å². The number of aryl methyl sites for hydroxylation is 2. The molecule has 0 aliphatic rings. The molecule has 0 fully saturated rings. The highest BCUT2D eigenvalue weighted by molar-refractivity contribution is 9.10. The molecule has 6 heteroatoms. The van der Waals surface area contributed by atoms with E-state index >= 15 is 0 Å². The lowest BCUT2D eigenvalue weighted by atomic mass is 10.2. The second-order valence-electron chi connectivity index (χ2n) is 6.13. The monoisotopic (exact) mass is 443 g/mol. The first-order valence-electron chi connectivity index (χ1n) is 8.25. The lowest BCUT2D eigenvalue weighted by Crippen LogP contribution is -2.11. The fraction of sp³-hybridized carbons (Fsp3) is 0.0952. The molecular weight excluding hydrogens is 426 g/mol. The molecule has 0 N–H and O–H groups in total. The third kappa shape index (κ3) is 5.05. The van der Waals surface area contributed by atoms with Crippen molar-refractivity contribution in [1.82, 2.24) is 0 Å². The van der Waals surface area contributed by atoms with Crippen LogP contribution in [0.2, 0.25) is 0 Å². The molecule has 0 amide bonds. The quantitative estimate of drug-likeness (QED) is 0.381. The minimum Gasteiger partial charge on any atom is -0.378 e. The summed E-state index contributed by atoms with van der Waals surface area (Å²) < 4.78 is 31.3.